The Hall–Kier alpha value is -3.49. The molecule has 29 heavy (non-hydrogen) atoms. The smallest absolute Gasteiger partial charge is 0.287 e. The van der Waals surface area contributed by atoms with Crippen LogP contribution in [0.5, 0.6) is 0 Å². The van der Waals surface area contributed by atoms with Gasteiger partial charge in [0.25, 0.3) is 11.6 Å². The van der Waals surface area contributed by atoms with Crippen LogP contribution >= 0.6 is 0 Å². The van der Waals surface area contributed by atoms with Gasteiger partial charge in [-0.05, 0) is 36.2 Å². The van der Waals surface area contributed by atoms with E-state index in [0.29, 0.717) is 44.1 Å². The van der Waals surface area contributed by atoms with E-state index in [2.05, 4.69) is 4.98 Å². The highest BCUT2D eigenvalue weighted by atomic mass is 16.6. The standard InChI is InChI=1S/C20H21N5O4/c1-14(26)24-7-6-15-12-16(2-4-18(15)24)20(27)23-10-8-22(9-11-23)19-5-3-17(13-21-19)25(28)29/h2-5,12-13H,6-11H2,1H3. The lowest BCUT2D eigenvalue weighted by Gasteiger charge is -2.35. The molecule has 3 heterocycles. The Morgan fingerprint density at radius 2 is 1.83 bits per heavy atom. The van der Waals surface area contributed by atoms with Gasteiger partial charge in [-0.15, -0.1) is 0 Å². The van der Waals surface area contributed by atoms with E-state index in [1.54, 1.807) is 28.9 Å². The van der Waals surface area contributed by atoms with Crippen molar-refractivity contribution in [3.8, 4) is 0 Å². The van der Waals surface area contributed by atoms with Gasteiger partial charge < -0.3 is 14.7 Å². The maximum absolute atomic E-state index is 12.9. The van der Waals surface area contributed by atoms with Crippen LogP contribution in [0.2, 0.25) is 0 Å². The highest BCUT2D eigenvalue weighted by molar-refractivity contribution is 5.98. The van der Waals surface area contributed by atoms with Crippen molar-refractivity contribution < 1.29 is 14.5 Å². The van der Waals surface area contributed by atoms with E-state index in [0.717, 1.165) is 17.7 Å². The van der Waals surface area contributed by atoms with Gasteiger partial charge in [0.2, 0.25) is 5.91 Å². The number of benzene rings is 1. The van der Waals surface area contributed by atoms with Crippen LogP contribution in [-0.2, 0) is 11.2 Å². The van der Waals surface area contributed by atoms with E-state index >= 15 is 0 Å². The van der Waals surface area contributed by atoms with E-state index in [1.165, 1.54) is 12.3 Å². The van der Waals surface area contributed by atoms with Crippen LogP contribution in [0.1, 0.15) is 22.8 Å². The SMILES string of the molecule is CC(=O)N1CCc2cc(C(=O)N3CCN(c4ccc([N+](=O)[O-])cn4)CC3)ccc21. The number of pyridine rings is 1. The number of fused-ring (bicyclic) bond motifs is 1. The molecule has 9 nitrogen and oxygen atoms in total. The van der Waals surface area contributed by atoms with E-state index < -0.39 is 4.92 Å². The Labute approximate surface area is 167 Å². The van der Waals surface area contributed by atoms with Crippen molar-refractivity contribution in [2.75, 3.05) is 42.5 Å². The average Bonchev–Trinajstić information content (AvgIpc) is 3.17. The van der Waals surface area contributed by atoms with Crippen LogP contribution in [0.25, 0.3) is 0 Å². The van der Waals surface area contributed by atoms with Crippen LogP contribution in [0, 0.1) is 10.1 Å². The molecule has 150 valence electrons. The summed E-state index contributed by atoms with van der Waals surface area (Å²) in [7, 11) is 0. The number of anilines is 2. The number of aromatic nitrogens is 1. The monoisotopic (exact) mass is 395 g/mol. The first-order chi connectivity index (χ1) is 13.9. The minimum Gasteiger partial charge on any atom is -0.353 e. The van der Waals surface area contributed by atoms with Crippen molar-refractivity contribution in [3.63, 3.8) is 0 Å². The Bertz CT molecular complexity index is 967. The molecule has 2 aliphatic rings. The Balaban J connectivity index is 1.40. The average molecular weight is 395 g/mol. The van der Waals surface area contributed by atoms with Crippen molar-refractivity contribution >= 4 is 29.0 Å². The molecule has 2 amide bonds. The van der Waals surface area contributed by atoms with Gasteiger partial charge in [-0.2, -0.15) is 0 Å². The topological polar surface area (TPSA) is 99.9 Å². The van der Waals surface area contributed by atoms with Gasteiger partial charge in [-0.1, -0.05) is 0 Å². The maximum atomic E-state index is 12.9. The van der Waals surface area contributed by atoms with Crippen molar-refractivity contribution in [2.45, 2.75) is 13.3 Å². The molecule has 0 unspecified atom stereocenters. The second-order valence-electron chi connectivity index (χ2n) is 7.18. The summed E-state index contributed by atoms with van der Waals surface area (Å²) in [6.45, 7) is 4.53. The minimum absolute atomic E-state index is 0.0128. The largest absolute Gasteiger partial charge is 0.353 e. The van der Waals surface area contributed by atoms with Crippen LogP contribution in [0.3, 0.4) is 0 Å². The zero-order valence-corrected chi connectivity index (χ0v) is 16.1. The predicted molar refractivity (Wildman–Crippen MR) is 107 cm³/mol. The van der Waals surface area contributed by atoms with Crippen LogP contribution in [0.4, 0.5) is 17.2 Å². The second kappa shape index (κ2) is 7.50. The molecule has 1 aromatic carbocycles. The van der Waals surface area contributed by atoms with Crippen molar-refractivity contribution in [3.05, 3.63) is 57.8 Å². The van der Waals surface area contributed by atoms with Crippen LogP contribution in [-0.4, -0.2) is 59.3 Å². The molecule has 1 aromatic heterocycles. The molecule has 0 atom stereocenters. The molecule has 0 bridgehead atoms. The van der Waals surface area contributed by atoms with Crippen molar-refractivity contribution in [1.82, 2.24) is 9.88 Å². The molecule has 0 N–H and O–H groups in total. The minimum atomic E-state index is -0.473. The predicted octanol–water partition coefficient (Wildman–Crippen LogP) is 1.86. The Morgan fingerprint density at radius 3 is 2.45 bits per heavy atom. The zero-order valence-electron chi connectivity index (χ0n) is 16.1. The zero-order chi connectivity index (χ0) is 20.5. The lowest BCUT2D eigenvalue weighted by molar-refractivity contribution is -0.385. The van der Waals surface area contributed by atoms with Gasteiger partial charge in [-0.3, -0.25) is 19.7 Å². The first kappa shape index (κ1) is 18.9. The summed E-state index contributed by atoms with van der Waals surface area (Å²) in [5.41, 5.74) is 2.52. The molecule has 9 heteroatoms. The second-order valence-corrected chi connectivity index (χ2v) is 7.18. The van der Waals surface area contributed by atoms with E-state index in [9.17, 15) is 19.7 Å². The van der Waals surface area contributed by atoms with Crippen LogP contribution in [0.15, 0.2) is 36.5 Å². The third-order valence-corrected chi connectivity index (χ3v) is 5.44. The normalized spacial score (nSPS) is 16.0. The molecule has 2 aromatic rings. The quantitative estimate of drug-likeness (QED) is 0.581. The highest BCUT2D eigenvalue weighted by Crippen LogP contribution is 2.29. The van der Waals surface area contributed by atoms with Gasteiger partial charge in [0.05, 0.1) is 4.92 Å². The summed E-state index contributed by atoms with van der Waals surface area (Å²) in [6, 6.07) is 8.61. The maximum Gasteiger partial charge on any atom is 0.287 e. The molecule has 0 saturated carbocycles. The molecule has 0 radical (unpaired) electrons. The molecule has 4 rings (SSSR count). The Morgan fingerprint density at radius 1 is 1.07 bits per heavy atom. The molecule has 1 saturated heterocycles. The summed E-state index contributed by atoms with van der Waals surface area (Å²) in [4.78, 5) is 44.6. The number of rotatable bonds is 3. The third-order valence-electron chi connectivity index (χ3n) is 5.44. The lowest BCUT2D eigenvalue weighted by atomic mass is 10.1. The summed E-state index contributed by atoms with van der Waals surface area (Å²) < 4.78 is 0. The third kappa shape index (κ3) is 3.63. The summed E-state index contributed by atoms with van der Waals surface area (Å²) in [5.74, 6) is 0.661. The summed E-state index contributed by atoms with van der Waals surface area (Å²) >= 11 is 0. The van der Waals surface area contributed by atoms with Gasteiger partial charge >= 0.3 is 0 Å². The number of carbonyl (C=O) groups excluding carboxylic acids is 2. The fraction of sp³-hybridized carbons (Fsp3) is 0.350. The first-order valence-corrected chi connectivity index (χ1v) is 9.50. The van der Waals surface area contributed by atoms with Gasteiger partial charge in [0.1, 0.15) is 12.0 Å². The van der Waals surface area contributed by atoms with E-state index in [1.807, 2.05) is 17.0 Å². The molecular weight excluding hydrogens is 374 g/mol. The summed E-state index contributed by atoms with van der Waals surface area (Å²) in [5, 5.41) is 10.8. The molecule has 0 aliphatic carbocycles. The number of nitro groups is 1. The number of piperazine rings is 1. The number of carbonyl (C=O) groups is 2. The van der Waals surface area contributed by atoms with E-state index in [4.69, 9.17) is 0 Å². The number of amides is 2. The van der Waals surface area contributed by atoms with Crippen molar-refractivity contribution in [1.29, 1.82) is 0 Å². The van der Waals surface area contributed by atoms with Gasteiger partial charge in [0.15, 0.2) is 0 Å². The molecular formula is C20H21N5O4. The lowest BCUT2D eigenvalue weighted by Crippen LogP contribution is -2.49. The van der Waals surface area contributed by atoms with Crippen molar-refractivity contribution in [2.24, 2.45) is 0 Å². The fourth-order valence-corrected chi connectivity index (χ4v) is 3.86. The molecule has 1 fully saturated rings. The Kier molecular flexibility index (Phi) is 4.87. The first-order valence-electron chi connectivity index (χ1n) is 9.50. The highest BCUT2D eigenvalue weighted by Gasteiger charge is 2.26. The van der Waals surface area contributed by atoms with E-state index in [-0.39, 0.29) is 17.5 Å². The number of hydrogen-bond donors (Lipinski definition) is 0. The van der Waals surface area contributed by atoms with Gasteiger partial charge in [0, 0.05) is 57.0 Å². The number of nitrogens with zero attached hydrogens (tertiary/aromatic N) is 5. The summed E-state index contributed by atoms with van der Waals surface area (Å²) in [6.07, 6.45) is 2.01. The number of hydrogen-bond acceptors (Lipinski definition) is 6. The molecule has 2 aliphatic heterocycles. The fourth-order valence-electron chi connectivity index (χ4n) is 3.86. The molecule has 0 spiro atoms. The van der Waals surface area contributed by atoms with Gasteiger partial charge in [-0.25, -0.2) is 4.98 Å². The van der Waals surface area contributed by atoms with Crippen LogP contribution < -0.4 is 9.80 Å².